The number of rotatable bonds is 2. The Kier molecular flexibility index (Phi) is 7.95. The third kappa shape index (κ3) is 5.12. The van der Waals surface area contributed by atoms with Gasteiger partial charge in [-0.2, -0.15) is 0 Å². The first kappa shape index (κ1) is 37.8. The number of anilines is 6. The highest BCUT2D eigenvalue weighted by Crippen LogP contribution is 2.51. The van der Waals surface area contributed by atoms with Gasteiger partial charge in [-0.3, -0.25) is 0 Å². The van der Waals surface area contributed by atoms with Crippen LogP contribution in [0.5, 0.6) is 0 Å². The maximum absolute atomic E-state index is 2.73. The molecule has 0 spiro atoms. The largest absolute Gasteiger partial charge is 0.311 e. The van der Waals surface area contributed by atoms with Crippen molar-refractivity contribution >= 4 is 122 Å². The Morgan fingerprint density at radius 3 is 1.31 bits per heavy atom. The Balaban J connectivity index is 1.08. The molecule has 15 rings (SSSR count). The molecule has 2 heterocycles. The fraction of sp³-hybridized carbons (Fsp3) is 0.156. The Hall–Kier alpha value is -7.36. The highest BCUT2D eigenvalue weighted by atomic mass is 15.2. The molecule has 2 nitrogen and oxygen atoms in total. The van der Waals surface area contributed by atoms with Crippen molar-refractivity contribution in [3.05, 3.63) is 197 Å². The molecule has 0 saturated heterocycles. The second kappa shape index (κ2) is 14.1. The number of fused-ring (bicyclic) bond motifs is 18. The number of benzene rings is 11. The van der Waals surface area contributed by atoms with Gasteiger partial charge in [-0.15, -0.1) is 0 Å². The van der Waals surface area contributed by atoms with Gasteiger partial charge in [0.25, 0.3) is 6.71 Å². The first-order valence-electron chi connectivity index (χ1n) is 24.8. The van der Waals surface area contributed by atoms with E-state index >= 15 is 0 Å². The van der Waals surface area contributed by atoms with Crippen molar-refractivity contribution in [3.8, 4) is 0 Å². The highest BCUT2D eigenvalue weighted by molar-refractivity contribution is 7.00. The Bertz CT molecular complexity index is 3910. The van der Waals surface area contributed by atoms with Crippen molar-refractivity contribution in [2.24, 2.45) is 0 Å². The van der Waals surface area contributed by atoms with Gasteiger partial charge in [-0.25, -0.2) is 0 Å². The smallest absolute Gasteiger partial charge is 0.252 e. The van der Waals surface area contributed by atoms with Gasteiger partial charge in [-0.1, -0.05) is 133 Å². The summed E-state index contributed by atoms with van der Waals surface area (Å²) >= 11 is 0. The summed E-state index contributed by atoms with van der Waals surface area (Å²) in [5.74, 6) is 0. The Morgan fingerprint density at radius 1 is 0.358 bits per heavy atom. The molecule has 11 aromatic rings. The molecule has 11 aromatic carbocycles. The maximum atomic E-state index is 2.73. The summed E-state index contributed by atoms with van der Waals surface area (Å²) < 4.78 is 0. The third-order valence-corrected chi connectivity index (χ3v) is 16.7. The topological polar surface area (TPSA) is 6.48 Å². The molecule has 4 aliphatic rings. The number of hydrogen-bond donors (Lipinski definition) is 0. The van der Waals surface area contributed by atoms with Crippen molar-refractivity contribution in [1.29, 1.82) is 0 Å². The molecule has 3 heteroatoms. The first-order valence-corrected chi connectivity index (χ1v) is 24.8. The maximum Gasteiger partial charge on any atom is 0.252 e. The average molecular weight is 857 g/mol. The summed E-state index contributed by atoms with van der Waals surface area (Å²) in [4.78, 5) is 5.42. The van der Waals surface area contributed by atoms with Crippen LogP contribution in [0.3, 0.4) is 0 Å². The minimum absolute atomic E-state index is 0.0957. The number of aryl methyl sites for hydroxylation is 2. The second-order valence-electron chi connectivity index (χ2n) is 20.0. The summed E-state index contributed by atoms with van der Waals surface area (Å²) in [6.07, 6.45) is 9.61. The fourth-order valence-corrected chi connectivity index (χ4v) is 13.9. The van der Waals surface area contributed by atoms with Crippen LogP contribution in [0, 0.1) is 13.8 Å². The quantitative estimate of drug-likeness (QED) is 0.126. The van der Waals surface area contributed by atoms with Gasteiger partial charge in [-0.05, 0) is 205 Å². The second-order valence-corrected chi connectivity index (χ2v) is 20.0. The molecule has 318 valence electrons. The summed E-state index contributed by atoms with van der Waals surface area (Å²) in [5.41, 5.74) is 21.4. The molecular formula is C64H49BN2. The fourth-order valence-electron chi connectivity index (χ4n) is 13.9. The average Bonchev–Trinajstić information content (AvgIpc) is 3.39. The standard InChI is InChI=1S/C64H49BN2/c1-38-43-19-5-3-17-40(43)35-56-63(38)66(42-33-34-52-47-23-8-7-21-45(47)46-22-10-12-27-51(46)55(52)37-42)59-31-16-32-60-62(59)65(56)57-36-41-18-4-6-20-44(41)39(2)64(57)67(60)58-30-15-29-54-50-25-11-9-24-48(50)49-26-13-14-28-53(49)61(54)58/h7-16,21-37H,3-6,17-20H2,1-2H3. The van der Waals surface area contributed by atoms with Crippen molar-refractivity contribution < 1.29 is 0 Å². The molecule has 0 bridgehead atoms. The van der Waals surface area contributed by atoms with E-state index in [-0.39, 0.29) is 6.71 Å². The van der Waals surface area contributed by atoms with E-state index < -0.39 is 0 Å². The normalized spacial score (nSPS) is 15.0. The predicted octanol–water partition coefficient (Wildman–Crippen LogP) is 15.1. The van der Waals surface area contributed by atoms with Crippen LogP contribution in [-0.4, -0.2) is 6.71 Å². The Labute approximate surface area is 392 Å². The van der Waals surface area contributed by atoms with Crippen LogP contribution in [-0.2, 0) is 25.7 Å². The predicted molar refractivity (Wildman–Crippen MR) is 288 cm³/mol. The van der Waals surface area contributed by atoms with E-state index in [9.17, 15) is 0 Å². The lowest BCUT2D eigenvalue weighted by Gasteiger charge is -2.46. The van der Waals surface area contributed by atoms with Crippen LogP contribution in [0.2, 0.25) is 0 Å². The van der Waals surface area contributed by atoms with E-state index in [2.05, 4.69) is 187 Å². The van der Waals surface area contributed by atoms with Gasteiger partial charge in [0.1, 0.15) is 0 Å². The van der Waals surface area contributed by atoms with Crippen LogP contribution in [0.1, 0.15) is 59.1 Å². The summed E-state index contributed by atoms with van der Waals surface area (Å²) in [5, 5.41) is 15.7. The van der Waals surface area contributed by atoms with Crippen molar-refractivity contribution in [2.45, 2.75) is 65.2 Å². The molecule has 67 heavy (non-hydrogen) atoms. The van der Waals surface area contributed by atoms with Crippen LogP contribution in [0.4, 0.5) is 34.1 Å². The Morgan fingerprint density at radius 2 is 0.761 bits per heavy atom. The number of hydrogen-bond acceptors (Lipinski definition) is 2. The van der Waals surface area contributed by atoms with Crippen LogP contribution >= 0.6 is 0 Å². The monoisotopic (exact) mass is 856 g/mol. The van der Waals surface area contributed by atoms with Gasteiger partial charge in [0, 0.05) is 33.8 Å². The summed E-state index contributed by atoms with van der Waals surface area (Å²) in [6, 6.07) is 63.2. The van der Waals surface area contributed by atoms with Crippen LogP contribution in [0.25, 0.3) is 64.6 Å². The minimum atomic E-state index is 0.0957. The molecule has 0 saturated carbocycles. The molecule has 0 fully saturated rings. The first-order chi connectivity index (χ1) is 33.1. The van der Waals surface area contributed by atoms with Gasteiger partial charge in [0.2, 0.25) is 0 Å². The van der Waals surface area contributed by atoms with Gasteiger partial charge >= 0.3 is 0 Å². The van der Waals surface area contributed by atoms with E-state index in [1.165, 1.54) is 152 Å². The third-order valence-electron chi connectivity index (χ3n) is 16.7. The van der Waals surface area contributed by atoms with Gasteiger partial charge < -0.3 is 9.80 Å². The zero-order valence-electron chi connectivity index (χ0n) is 38.2. The molecule has 2 aliphatic heterocycles. The summed E-state index contributed by atoms with van der Waals surface area (Å²) in [6.45, 7) is 5.01. The van der Waals surface area contributed by atoms with E-state index in [0.717, 1.165) is 25.7 Å². The van der Waals surface area contributed by atoms with Gasteiger partial charge in [0.15, 0.2) is 0 Å². The molecule has 0 atom stereocenters. The van der Waals surface area contributed by atoms with E-state index in [4.69, 9.17) is 0 Å². The molecule has 0 unspecified atom stereocenters. The summed E-state index contributed by atoms with van der Waals surface area (Å²) in [7, 11) is 0. The molecular weight excluding hydrogens is 808 g/mol. The zero-order chi connectivity index (χ0) is 44.1. The zero-order valence-corrected chi connectivity index (χ0v) is 38.2. The van der Waals surface area contributed by atoms with E-state index in [0.29, 0.717) is 0 Å². The van der Waals surface area contributed by atoms with E-state index in [1.54, 1.807) is 22.3 Å². The SMILES string of the molecule is Cc1c2c(cc3c1N(c1ccc4c5ccccc5c5ccccc5c4c1)c1cccc4c1B3c1cc3c(c(C)c1N4c1cccc4c5ccccc5c5ccccc5c14)CCCC3)CCCC2. The minimum Gasteiger partial charge on any atom is -0.311 e. The molecule has 0 aromatic heterocycles. The van der Waals surface area contributed by atoms with Crippen molar-refractivity contribution in [2.75, 3.05) is 9.80 Å². The molecule has 0 N–H and O–H groups in total. The lowest BCUT2D eigenvalue weighted by molar-refractivity contribution is 0.682. The molecule has 0 radical (unpaired) electrons. The lowest BCUT2D eigenvalue weighted by atomic mass is 9.32. The lowest BCUT2D eigenvalue weighted by Crippen LogP contribution is -2.62. The van der Waals surface area contributed by atoms with Crippen LogP contribution in [0.15, 0.2) is 164 Å². The van der Waals surface area contributed by atoms with Gasteiger partial charge in [0.05, 0.1) is 5.69 Å². The highest BCUT2D eigenvalue weighted by Gasteiger charge is 2.46. The molecule has 2 aliphatic carbocycles. The molecule has 0 amide bonds. The van der Waals surface area contributed by atoms with Crippen molar-refractivity contribution in [3.63, 3.8) is 0 Å². The number of nitrogens with zero attached hydrogens (tertiary/aromatic N) is 2. The van der Waals surface area contributed by atoms with Crippen LogP contribution < -0.4 is 26.2 Å². The van der Waals surface area contributed by atoms with Crippen molar-refractivity contribution in [1.82, 2.24) is 0 Å². The van der Waals surface area contributed by atoms with E-state index in [1.807, 2.05) is 0 Å².